The molecular weight excluding hydrogens is 206 g/mol. The first kappa shape index (κ1) is 11.7. The molecule has 0 bridgehead atoms. The third-order valence-electron chi connectivity index (χ3n) is 2.26. The number of esters is 1. The summed E-state index contributed by atoms with van der Waals surface area (Å²) in [5, 5.41) is 18.0. The van der Waals surface area contributed by atoms with E-state index in [0.717, 1.165) is 12.0 Å². The van der Waals surface area contributed by atoms with Gasteiger partial charge in [-0.05, 0) is 0 Å². The third-order valence-corrected chi connectivity index (χ3v) is 2.26. The van der Waals surface area contributed by atoms with Crippen LogP contribution in [-0.4, -0.2) is 66.2 Å². The molecule has 1 rings (SSSR count). The summed E-state index contributed by atoms with van der Waals surface area (Å²) in [5.41, 5.74) is 0. The summed E-state index contributed by atoms with van der Waals surface area (Å²) >= 11 is 0. The first-order chi connectivity index (χ1) is 7.08. The Morgan fingerprint density at radius 1 is 1.40 bits per heavy atom. The van der Waals surface area contributed by atoms with Crippen molar-refractivity contribution in [1.29, 1.82) is 0 Å². The average Bonchev–Trinajstić information content (AvgIpc) is 3.00. The van der Waals surface area contributed by atoms with E-state index in [4.69, 9.17) is 5.11 Å². The molecule has 0 saturated carbocycles. The van der Waals surface area contributed by atoms with E-state index in [9.17, 15) is 14.7 Å². The molecule has 0 aromatic rings. The first-order valence-corrected chi connectivity index (χ1v) is 4.31. The molecule has 0 spiro atoms. The summed E-state index contributed by atoms with van der Waals surface area (Å²) in [6.45, 7) is -0.536. The molecule has 0 aromatic heterocycles. The minimum Gasteiger partial charge on any atom is -0.467 e. The number of hydrogen-bond acceptors (Lipinski definition) is 6. The van der Waals surface area contributed by atoms with Crippen molar-refractivity contribution in [3.8, 4) is 0 Å². The van der Waals surface area contributed by atoms with Gasteiger partial charge in [-0.1, -0.05) is 0 Å². The highest BCUT2D eigenvalue weighted by Crippen LogP contribution is 2.32. The Morgan fingerprint density at radius 2 is 2.00 bits per heavy atom. The molecule has 0 radical (unpaired) electrons. The molecular formula is C8H13NO6. The van der Waals surface area contributed by atoms with Crippen LogP contribution in [0.15, 0.2) is 0 Å². The Labute approximate surface area is 86.2 Å². The molecule has 86 valence electrons. The first-order valence-electron chi connectivity index (χ1n) is 4.31. The Morgan fingerprint density at radius 3 is 2.40 bits per heavy atom. The molecule has 2 N–H and O–H groups in total. The van der Waals surface area contributed by atoms with E-state index in [0.29, 0.717) is 0 Å². The number of methoxy groups -OCH3 is 2. The highest BCUT2D eigenvalue weighted by Gasteiger charge is 2.60. The van der Waals surface area contributed by atoms with Crippen LogP contribution in [0.3, 0.4) is 0 Å². The number of hydrogen-bond donors (Lipinski definition) is 2. The number of nitrogens with zero attached hydrogens (tertiary/aromatic N) is 1. The highest BCUT2D eigenvalue weighted by atomic mass is 16.6. The van der Waals surface area contributed by atoms with Gasteiger partial charge in [-0.25, -0.2) is 9.59 Å². The Balaban J connectivity index is 2.70. The third kappa shape index (κ3) is 2.02. The van der Waals surface area contributed by atoms with Gasteiger partial charge in [0.1, 0.15) is 6.10 Å². The summed E-state index contributed by atoms with van der Waals surface area (Å²) in [4.78, 5) is 23.3. The van der Waals surface area contributed by atoms with Crippen LogP contribution in [0, 0.1) is 0 Å². The molecule has 1 aliphatic heterocycles. The molecule has 15 heavy (non-hydrogen) atoms. The number of aliphatic hydroxyl groups is 2. The van der Waals surface area contributed by atoms with Crippen LogP contribution >= 0.6 is 0 Å². The summed E-state index contributed by atoms with van der Waals surface area (Å²) in [5.74, 6) is -0.641. The molecule has 1 heterocycles. The van der Waals surface area contributed by atoms with Crippen molar-refractivity contribution in [2.24, 2.45) is 0 Å². The highest BCUT2D eigenvalue weighted by molar-refractivity contribution is 5.88. The van der Waals surface area contributed by atoms with Gasteiger partial charge in [0.15, 0.2) is 6.04 Å². The molecule has 1 saturated heterocycles. The summed E-state index contributed by atoms with van der Waals surface area (Å²) in [6, 6.07) is -1.64. The van der Waals surface area contributed by atoms with Gasteiger partial charge in [-0.3, -0.25) is 4.90 Å². The van der Waals surface area contributed by atoms with Crippen LogP contribution in [0.25, 0.3) is 0 Å². The number of aliphatic hydroxyl groups excluding tert-OH is 2. The van der Waals surface area contributed by atoms with E-state index in [1.54, 1.807) is 0 Å². The van der Waals surface area contributed by atoms with Crippen molar-refractivity contribution in [3.63, 3.8) is 0 Å². The van der Waals surface area contributed by atoms with Crippen LogP contribution in [-0.2, 0) is 14.3 Å². The molecule has 1 aliphatic rings. The zero-order valence-electron chi connectivity index (χ0n) is 8.41. The van der Waals surface area contributed by atoms with Gasteiger partial charge < -0.3 is 19.7 Å². The smallest absolute Gasteiger partial charge is 0.410 e. The summed E-state index contributed by atoms with van der Waals surface area (Å²) in [6.07, 6.45) is -1.91. The lowest BCUT2D eigenvalue weighted by Crippen LogP contribution is -2.26. The van der Waals surface area contributed by atoms with E-state index in [1.165, 1.54) is 7.11 Å². The fourth-order valence-electron chi connectivity index (χ4n) is 1.47. The van der Waals surface area contributed by atoms with Gasteiger partial charge in [-0.2, -0.15) is 0 Å². The molecule has 0 unspecified atom stereocenters. The predicted octanol–water partition coefficient (Wildman–Crippen LogP) is -1.67. The Kier molecular flexibility index (Phi) is 3.48. The maximum absolute atomic E-state index is 11.2. The van der Waals surface area contributed by atoms with Crippen LogP contribution in [0.5, 0.6) is 0 Å². The van der Waals surface area contributed by atoms with Crippen LogP contribution < -0.4 is 0 Å². The normalized spacial score (nSPS) is 25.7. The minimum absolute atomic E-state index is 0.536. The largest absolute Gasteiger partial charge is 0.467 e. The van der Waals surface area contributed by atoms with Crippen molar-refractivity contribution in [3.05, 3.63) is 0 Å². The second-order valence-electron chi connectivity index (χ2n) is 3.09. The lowest BCUT2D eigenvalue weighted by atomic mass is 10.2. The second-order valence-corrected chi connectivity index (χ2v) is 3.09. The second kappa shape index (κ2) is 4.45. The molecule has 0 aliphatic carbocycles. The molecule has 1 amide bonds. The van der Waals surface area contributed by atoms with Gasteiger partial charge in [0, 0.05) is 0 Å². The van der Waals surface area contributed by atoms with Gasteiger partial charge in [-0.15, -0.1) is 0 Å². The quantitative estimate of drug-likeness (QED) is 0.435. The topological polar surface area (TPSA) is 96.1 Å². The minimum atomic E-state index is -1.17. The van der Waals surface area contributed by atoms with Gasteiger partial charge in [0.2, 0.25) is 0 Å². The standard InChI is InChI=1S/C8H13NO6/c1-14-7(12)6-5(4(11)3-10)9(6)8(13)15-2/h4-6,10-11H,3H2,1-2H3/t4-,5+,6+,9?/m1/s1. The van der Waals surface area contributed by atoms with Gasteiger partial charge >= 0.3 is 12.1 Å². The van der Waals surface area contributed by atoms with E-state index >= 15 is 0 Å². The monoisotopic (exact) mass is 219 g/mol. The van der Waals surface area contributed by atoms with E-state index in [2.05, 4.69) is 9.47 Å². The fourth-order valence-corrected chi connectivity index (χ4v) is 1.47. The molecule has 7 heteroatoms. The van der Waals surface area contributed by atoms with Crippen LogP contribution in [0.4, 0.5) is 4.79 Å². The number of amides is 1. The van der Waals surface area contributed by atoms with E-state index < -0.39 is 36.9 Å². The SMILES string of the molecule is COC(=O)[C@@H]1[C@H]([C@H](O)CO)N1C(=O)OC. The van der Waals surface area contributed by atoms with Gasteiger partial charge in [0.25, 0.3) is 0 Å². The number of carbonyl (C=O) groups excluding carboxylic acids is 2. The Hall–Kier alpha value is -1.34. The fraction of sp³-hybridized carbons (Fsp3) is 0.750. The number of rotatable bonds is 3. The molecule has 1 fully saturated rings. The van der Waals surface area contributed by atoms with E-state index in [1.807, 2.05) is 0 Å². The lowest BCUT2D eigenvalue weighted by molar-refractivity contribution is -0.141. The number of carbonyl (C=O) groups is 2. The average molecular weight is 219 g/mol. The van der Waals surface area contributed by atoms with Crippen molar-refractivity contribution >= 4 is 12.1 Å². The van der Waals surface area contributed by atoms with Crippen molar-refractivity contribution < 1.29 is 29.3 Å². The zero-order valence-corrected chi connectivity index (χ0v) is 8.41. The molecule has 7 nitrogen and oxygen atoms in total. The lowest BCUT2D eigenvalue weighted by Gasteiger charge is -2.05. The number of ether oxygens (including phenoxy) is 2. The van der Waals surface area contributed by atoms with Crippen molar-refractivity contribution in [2.75, 3.05) is 20.8 Å². The molecule has 0 aromatic carbocycles. The van der Waals surface area contributed by atoms with Crippen molar-refractivity contribution in [2.45, 2.75) is 18.2 Å². The Bertz CT molecular complexity index is 246. The van der Waals surface area contributed by atoms with Gasteiger partial charge in [0.05, 0.1) is 26.9 Å². The maximum Gasteiger partial charge on any atom is 0.410 e. The zero-order chi connectivity index (χ0) is 11.6. The maximum atomic E-state index is 11.2. The van der Waals surface area contributed by atoms with Crippen LogP contribution in [0.1, 0.15) is 0 Å². The predicted molar refractivity (Wildman–Crippen MR) is 46.9 cm³/mol. The summed E-state index contributed by atoms with van der Waals surface area (Å²) < 4.78 is 8.85. The van der Waals surface area contributed by atoms with Crippen molar-refractivity contribution in [1.82, 2.24) is 4.90 Å². The van der Waals surface area contributed by atoms with E-state index in [-0.39, 0.29) is 0 Å². The van der Waals surface area contributed by atoms with Crippen LogP contribution in [0.2, 0.25) is 0 Å². The molecule has 3 atom stereocenters. The summed E-state index contributed by atoms with van der Waals surface area (Å²) in [7, 11) is 2.34.